The van der Waals surface area contributed by atoms with Gasteiger partial charge in [-0.3, -0.25) is 0 Å². The van der Waals surface area contributed by atoms with E-state index < -0.39 is 10.2 Å². The third-order valence-electron chi connectivity index (χ3n) is 3.97. The zero-order valence-electron chi connectivity index (χ0n) is 13.7. The van der Waals surface area contributed by atoms with Crippen LogP contribution in [0.4, 0.5) is 0 Å². The number of ether oxygens (including phenoxy) is 1. The molecule has 5 nitrogen and oxygen atoms in total. The summed E-state index contributed by atoms with van der Waals surface area (Å²) >= 11 is 0. The van der Waals surface area contributed by atoms with E-state index in [0.29, 0.717) is 13.1 Å². The first kappa shape index (κ1) is 17.2. The van der Waals surface area contributed by atoms with Gasteiger partial charge in [0.05, 0.1) is 7.11 Å². The molecule has 0 N–H and O–H groups in total. The van der Waals surface area contributed by atoms with Gasteiger partial charge in [0.2, 0.25) is 0 Å². The maximum absolute atomic E-state index is 12.8. The predicted octanol–water partition coefficient (Wildman–Crippen LogP) is 2.64. The van der Waals surface area contributed by atoms with Crippen LogP contribution in [0, 0.1) is 0 Å². The minimum Gasteiger partial charge on any atom is -0.497 e. The van der Waals surface area contributed by atoms with E-state index in [-0.39, 0.29) is 6.04 Å². The molecule has 0 saturated heterocycles. The molecule has 1 aromatic rings. The number of hydrogen-bond acceptors (Lipinski definition) is 3. The van der Waals surface area contributed by atoms with Crippen molar-refractivity contribution in [1.29, 1.82) is 0 Å². The maximum Gasteiger partial charge on any atom is 0.282 e. The summed E-state index contributed by atoms with van der Waals surface area (Å²) in [6.07, 6.45) is 3.78. The Morgan fingerprint density at radius 1 is 1.23 bits per heavy atom. The molecule has 0 radical (unpaired) electrons. The molecular weight excluding hydrogens is 300 g/mol. The van der Waals surface area contributed by atoms with Gasteiger partial charge in [-0.1, -0.05) is 25.5 Å². The quantitative estimate of drug-likeness (QED) is 0.701. The number of hydrogen-bond donors (Lipinski definition) is 0. The van der Waals surface area contributed by atoms with E-state index in [2.05, 4.69) is 6.92 Å². The highest BCUT2D eigenvalue weighted by molar-refractivity contribution is 7.86. The molecule has 0 unspecified atom stereocenters. The van der Waals surface area contributed by atoms with Crippen LogP contribution >= 0.6 is 0 Å². The molecule has 1 aliphatic carbocycles. The van der Waals surface area contributed by atoms with Crippen LogP contribution in [0.3, 0.4) is 0 Å². The largest absolute Gasteiger partial charge is 0.497 e. The van der Waals surface area contributed by atoms with E-state index in [0.717, 1.165) is 37.0 Å². The molecule has 0 spiro atoms. The predicted molar refractivity (Wildman–Crippen MR) is 88.0 cm³/mol. The lowest BCUT2D eigenvalue weighted by Gasteiger charge is -2.27. The zero-order chi connectivity index (χ0) is 16.2. The van der Waals surface area contributed by atoms with Crippen LogP contribution in [0.15, 0.2) is 24.3 Å². The van der Waals surface area contributed by atoms with E-state index in [1.165, 1.54) is 4.31 Å². The molecule has 0 aromatic heterocycles. The Bertz CT molecular complexity index is 568. The normalized spacial score (nSPS) is 15.5. The van der Waals surface area contributed by atoms with Gasteiger partial charge in [0.1, 0.15) is 5.75 Å². The zero-order valence-corrected chi connectivity index (χ0v) is 14.5. The van der Waals surface area contributed by atoms with Gasteiger partial charge in [-0.25, -0.2) is 0 Å². The summed E-state index contributed by atoms with van der Waals surface area (Å²) in [4.78, 5) is 0. The third-order valence-corrected chi connectivity index (χ3v) is 5.96. The molecule has 1 aromatic carbocycles. The average molecular weight is 326 g/mol. The lowest BCUT2D eigenvalue weighted by atomic mass is 10.2. The second-order valence-electron chi connectivity index (χ2n) is 5.81. The summed E-state index contributed by atoms with van der Waals surface area (Å²) in [5.41, 5.74) is 0.986. The van der Waals surface area contributed by atoms with Gasteiger partial charge in [-0.15, -0.1) is 0 Å². The second-order valence-corrected chi connectivity index (χ2v) is 7.80. The van der Waals surface area contributed by atoms with Gasteiger partial charge in [0, 0.05) is 26.2 Å². The Hall–Kier alpha value is -1.11. The number of methoxy groups -OCH3 is 1. The van der Waals surface area contributed by atoms with Crippen LogP contribution in [0.5, 0.6) is 5.75 Å². The highest BCUT2D eigenvalue weighted by Gasteiger charge is 2.39. The highest BCUT2D eigenvalue weighted by atomic mass is 32.2. The molecule has 0 bridgehead atoms. The van der Waals surface area contributed by atoms with Crippen molar-refractivity contribution >= 4 is 10.2 Å². The number of benzene rings is 1. The Balaban J connectivity index is 2.11. The van der Waals surface area contributed by atoms with Crippen molar-refractivity contribution in [3.63, 3.8) is 0 Å². The van der Waals surface area contributed by atoms with Crippen LogP contribution < -0.4 is 4.74 Å². The molecule has 124 valence electrons. The third kappa shape index (κ3) is 4.21. The fourth-order valence-corrected chi connectivity index (χ4v) is 3.97. The lowest BCUT2D eigenvalue weighted by Crippen LogP contribution is -2.43. The smallest absolute Gasteiger partial charge is 0.282 e. The van der Waals surface area contributed by atoms with E-state index in [4.69, 9.17) is 4.74 Å². The first-order chi connectivity index (χ1) is 10.5. The molecule has 2 rings (SSSR count). The van der Waals surface area contributed by atoms with Crippen LogP contribution in [-0.4, -0.2) is 43.8 Å². The molecule has 0 amide bonds. The standard InChI is InChI=1S/C16H26N2O3S/c1-4-5-12-17(2)22(19,20)18(15-8-9-15)13-14-6-10-16(21-3)11-7-14/h6-7,10-11,15H,4-5,8-9,12-13H2,1-3H3. The van der Waals surface area contributed by atoms with Crippen LogP contribution in [0.2, 0.25) is 0 Å². The van der Waals surface area contributed by atoms with Gasteiger partial charge in [-0.05, 0) is 37.0 Å². The van der Waals surface area contributed by atoms with Crippen LogP contribution in [0.1, 0.15) is 38.2 Å². The van der Waals surface area contributed by atoms with Crippen molar-refractivity contribution < 1.29 is 13.2 Å². The minimum atomic E-state index is -3.39. The minimum absolute atomic E-state index is 0.149. The Labute approximate surface area is 134 Å². The average Bonchev–Trinajstić information content (AvgIpc) is 3.35. The van der Waals surface area contributed by atoms with Crippen LogP contribution in [0.25, 0.3) is 0 Å². The highest BCUT2D eigenvalue weighted by Crippen LogP contribution is 2.32. The lowest BCUT2D eigenvalue weighted by molar-refractivity contribution is 0.345. The Morgan fingerprint density at radius 2 is 1.86 bits per heavy atom. The Morgan fingerprint density at radius 3 is 2.36 bits per heavy atom. The van der Waals surface area contributed by atoms with E-state index in [1.807, 2.05) is 24.3 Å². The van der Waals surface area contributed by atoms with E-state index in [9.17, 15) is 8.42 Å². The van der Waals surface area contributed by atoms with Crippen molar-refractivity contribution in [2.24, 2.45) is 0 Å². The fourth-order valence-electron chi connectivity index (χ4n) is 2.35. The van der Waals surface area contributed by atoms with Crippen molar-refractivity contribution in [1.82, 2.24) is 8.61 Å². The summed E-state index contributed by atoms with van der Waals surface area (Å²) in [5.74, 6) is 0.782. The monoisotopic (exact) mass is 326 g/mol. The summed E-state index contributed by atoms with van der Waals surface area (Å²) < 4.78 is 33.8. The van der Waals surface area contributed by atoms with Gasteiger partial charge in [-0.2, -0.15) is 17.0 Å². The molecule has 22 heavy (non-hydrogen) atoms. The summed E-state index contributed by atoms with van der Waals surface area (Å²) in [6.45, 7) is 3.06. The summed E-state index contributed by atoms with van der Waals surface area (Å²) in [5, 5.41) is 0. The number of nitrogens with zero attached hydrogens (tertiary/aromatic N) is 2. The topological polar surface area (TPSA) is 49.9 Å². The van der Waals surface area contributed by atoms with Gasteiger partial charge in [0.15, 0.2) is 0 Å². The summed E-state index contributed by atoms with van der Waals surface area (Å²) in [6, 6.07) is 7.74. The second kappa shape index (κ2) is 7.44. The molecule has 6 heteroatoms. The van der Waals surface area contributed by atoms with Gasteiger partial charge in [0.25, 0.3) is 10.2 Å². The molecule has 0 heterocycles. The van der Waals surface area contributed by atoms with Crippen LogP contribution in [-0.2, 0) is 16.8 Å². The first-order valence-corrected chi connectivity index (χ1v) is 9.24. The van der Waals surface area contributed by atoms with Crippen molar-refractivity contribution in [2.75, 3.05) is 20.7 Å². The van der Waals surface area contributed by atoms with E-state index in [1.54, 1.807) is 18.5 Å². The van der Waals surface area contributed by atoms with E-state index >= 15 is 0 Å². The van der Waals surface area contributed by atoms with Crippen molar-refractivity contribution in [2.45, 2.75) is 45.2 Å². The molecule has 1 fully saturated rings. The molecule has 1 aliphatic rings. The SMILES string of the molecule is CCCCN(C)S(=O)(=O)N(Cc1ccc(OC)cc1)C1CC1. The maximum atomic E-state index is 12.8. The molecule has 1 saturated carbocycles. The Kier molecular flexibility index (Phi) is 5.83. The van der Waals surface area contributed by atoms with Crippen molar-refractivity contribution in [3.05, 3.63) is 29.8 Å². The number of rotatable bonds is 9. The summed E-state index contributed by atoms with van der Waals surface area (Å²) in [7, 11) is -0.0899. The van der Waals surface area contributed by atoms with Gasteiger partial charge >= 0.3 is 0 Å². The van der Waals surface area contributed by atoms with Crippen molar-refractivity contribution in [3.8, 4) is 5.75 Å². The fraction of sp³-hybridized carbons (Fsp3) is 0.625. The number of unbranched alkanes of at least 4 members (excludes halogenated alkanes) is 1. The van der Waals surface area contributed by atoms with Gasteiger partial charge < -0.3 is 4.74 Å². The first-order valence-electron chi connectivity index (χ1n) is 7.85. The molecule has 0 atom stereocenters. The molecule has 0 aliphatic heterocycles. The molecular formula is C16H26N2O3S.